The Hall–Kier alpha value is -15.3. The molecule has 0 unspecified atom stereocenters. The van der Waals surface area contributed by atoms with Gasteiger partial charge in [-0.2, -0.15) is 0 Å². The maximum Gasteiger partial charge on any atom is 0.343 e. The molecule has 0 atom stereocenters. The fourth-order valence-corrected chi connectivity index (χ4v) is 12.6. The first-order valence-electron chi connectivity index (χ1n) is 45.4. The molecule has 9 aromatic carbocycles. The van der Waals surface area contributed by atoms with Crippen molar-refractivity contribution in [3.63, 3.8) is 0 Å². The summed E-state index contributed by atoms with van der Waals surface area (Å²) in [4.78, 5) is 144. The summed E-state index contributed by atoms with van der Waals surface area (Å²) in [5, 5.41) is 0. The summed E-state index contributed by atoms with van der Waals surface area (Å²) in [6, 6.07) is 55.4. The van der Waals surface area contributed by atoms with Crippen LogP contribution in [0.25, 0.3) is 22.3 Å². The molecule has 0 aromatic heterocycles. The van der Waals surface area contributed by atoms with E-state index in [1.54, 1.807) is 111 Å². The Morgan fingerprint density at radius 3 is 0.692 bits per heavy atom. The van der Waals surface area contributed by atoms with Gasteiger partial charge in [0.1, 0.15) is 59.2 Å². The lowest BCUT2D eigenvalue weighted by Crippen LogP contribution is -2.17. The van der Waals surface area contributed by atoms with Gasteiger partial charge in [-0.05, 0) is 230 Å². The predicted molar refractivity (Wildman–Crippen MR) is 583 cm³/mol. The van der Waals surface area contributed by atoms with E-state index in [9.17, 15) is 57.5 Å². The fourth-order valence-electron chi connectivity index (χ4n) is 12.6. The first kappa shape index (κ1) is 139. The monoisotopic (exact) mass is 2020 g/mol. The first-order chi connectivity index (χ1) is 65.8. The highest BCUT2D eigenvalue weighted by atomic mass is 16.7. The average Bonchev–Trinajstić information content (AvgIpc) is 1.59. The molecule has 146 heavy (non-hydrogen) atoms. The van der Waals surface area contributed by atoms with Crippen LogP contribution in [0, 0.1) is 0 Å². The molecule has 0 heterocycles. The van der Waals surface area contributed by atoms with E-state index in [1.165, 1.54) is 27.7 Å². The predicted octanol–water partition coefficient (Wildman–Crippen LogP) is 27.7. The molecule has 26 heteroatoms. The molecule has 2 aliphatic carbocycles. The number of carbonyl (C=O) groups is 12. The summed E-state index contributed by atoms with van der Waals surface area (Å²) in [5.41, 5.74) is 12.7. The number of benzene rings is 9. The third kappa shape index (κ3) is 43.9. The van der Waals surface area contributed by atoms with Gasteiger partial charge in [0, 0.05) is 57.1 Å². The lowest BCUT2D eigenvalue weighted by Gasteiger charge is -2.22. The van der Waals surface area contributed by atoms with Crippen molar-refractivity contribution in [2.24, 2.45) is 0 Å². The highest BCUT2D eigenvalue weighted by Gasteiger charge is 2.38. The summed E-state index contributed by atoms with van der Waals surface area (Å²) >= 11 is 0. The van der Waals surface area contributed by atoms with Crippen molar-refractivity contribution in [2.75, 3.05) is 40.0 Å². The molecule has 0 amide bonds. The Labute approximate surface area is 868 Å². The molecule has 796 valence electrons. The van der Waals surface area contributed by atoms with Crippen LogP contribution in [0.3, 0.4) is 0 Å². The minimum atomic E-state index is -0.558. The molecule has 0 bridgehead atoms. The van der Waals surface area contributed by atoms with Gasteiger partial charge in [0.25, 0.3) is 0 Å². The third-order valence-electron chi connectivity index (χ3n) is 19.6. The molecule has 0 saturated heterocycles. The van der Waals surface area contributed by atoms with Crippen molar-refractivity contribution >= 4 is 71.6 Å². The molecule has 11 rings (SSSR count). The Morgan fingerprint density at radius 1 is 0.240 bits per heavy atom. The SMILES string of the molecule is C.C.C.C.C.C.C.C.C=C(C)C(=O)OCCC(=O)Oc1ccc2c(c1)C(C)(C)c1cc(OC(=O)CCOC(=O)C(=C)C)ccc1-2.C=C(C)C(=O)OCCc1ccc(CC(=O)Oc2ccc(OC(=O)Cc3ccc(CCOC(=O)C(=C)C)cc3)cc2)cc1.C=C(C)C(=O)OCOc1ccc(C(=O)Oc2ccc3c(c2)C(C)(C)c2cc(OC(=O)c4ccc(OCOC(=O)C(=C)C)cc4)ccc2-3)cc1.CC.CC.CC.CC.CC. The van der Waals surface area contributed by atoms with E-state index < -0.39 is 82.5 Å². The zero-order valence-corrected chi connectivity index (χ0v) is 82.8. The van der Waals surface area contributed by atoms with Crippen LogP contribution in [0.5, 0.6) is 46.0 Å². The molecule has 0 fully saturated rings. The lowest BCUT2D eigenvalue weighted by molar-refractivity contribution is -0.146. The second kappa shape index (κ2) is 70.4. The van der Waals surface area contributed by atoms with E-state index in [1.807, 2.05) is 194 Å². The Balaban J connectivity index is -0.000000640. The zero-order valence-electron chi connectivity index (χ0n) is 82.8. The average molecular weight is 2020 g/mol. The normalized spacial score (nSPS) is 10.4. The zero-order chi connectivity index (χ0) is 103. The minimum Gasteiger partial charge on any atom is -0.462 e. The summed E-state index contributed by atoms with van der Waals surface area (Å²) < 4.78 is 73.8. The number of ether oxygens (including phenoxy) is 14. The van der Waals surface area contributed by atoms with Crippen molar-refractivity contribution < 1.29 is 124 Å². The molecule has 26 nitrogen and oxygen atoms in total. The second-order valence-corrected chi connectivity index (χ2v) is 30.9. The van der Waals surface area contributed by atoms with Gasteiger partial charge in [0.15, 0.2) is 0 Å². The van der Waals surface area contributed by atoms with Crippen molar-refractivity contribution in [2.45, 2.75) is 247 Å². The van der Waals surface area contributed by atoms with Gasteiger partial charge in [-0.3, -0.25) is 19.2 Å². The largest absolute Gasteiger partial charge is 0.462 e. The smallest absolute Gasteiger partial charge is 0.343 e. The second-order valence-electron chi connectivity index (χ2n) is 30.9. The van der Waals surface area contributed by atoms with Crippen LogP contribution in [0.2, 0.25) is 0 Å². The van der Waals surface area contributed by atoms with Crippen LogP contribution in [-0.2, 0) is 113 Å². The van der Waals surface area contributed by atoms with Crippen LogP contribution < -0.4 is 37.9 Å². The van der Waals surface area contributed by atoms with Gasteiger partial charge < -0.3 is 66.3 Å². The van der Waals surface area contributed by atoms with Crippen molar-refractivity contribution in [1.29, 1.82) is 0 Å². The number of fused-ring (bicyclic) bond motifs is 6. The number of rotatable bonds is 36. The summed E-state index contributed by atoms with van der Waals surface area (Å²) in [6.07, 6.45) is 1.12. The van der Waals surface area contributed by atoms with Gasteiger partial charge in [-0.15, -0.1) is 0 Å². The maximum atomic E-state index is 12.9. The van der Waals surface area contributed by atoms with Crippen LogP contribution in [0.15, 0.2) is 267 Å². The minimum absolute atomic E-state index is 0. The standard InChI is InChI=1S/C39H34O10.C34H34O8.C29H30O8.5C2H6.8CH4/c1-23(2)35(40)46-21-44-27-11-7-25(8-12-27)37(42)48-29-15-17-31-32-18-16-30(20-34(32)39(5,6)33(31)19-29)49-38(43)26-9-13-28(14-10-26)45-22-47-36(41)24(3)4;1-23(2)33(37)39-19-17-25-5-9-27(10-6-25)21-31(35)41-29-13-15-30(16-14-29)42-32(36)22-28-11-7-26(8-12-28)18-20-40-34(38)24(3)4;1-17(2)27(32)34-13-11-25(30)36-19-7-9-21-22-10-8-20(16-24(22)29(5,6)23(21)15-19)37-26(31)12-14-35-28(33)18(3)4;5*1-2;;;;;;;;/h7-20H,1,3,21-22H2,2,4-6H3;5-16H,1,3,17-22H2,2,4H3;7-10,15-16H,1,3,11-14H2,2,4-6H3;5*1-2H3;8*1H4. The maximum absolute atomic E-state index is 12.9. The van der Waals surface area contributed by atoms with E-state index in [4.69, 9.17) is 66.3 Å². The van der Waals surface area contributed by atoms with Gasteiger partial charge in [-0.25, -0.2) is 38.4 Å². The summed E-state index contributed by atoms with van der Waals surface area (Å²) in [6.45, 7) is 58.3. The van der Waals surface area contributed by atoms with Gasteiger partial charge in [0.2, 0.25) is 13.6 Å². The molecular formula is C120H160O26. The number of hydrogen-bond acceptors (Lipinski definition) is 26. The van der Waals surface area contributed by atoms with Crippen molar-refractivity contribution in [3.05, 3.63) is 323 Å². The Morgan fingerprint density at radius 2 is 0.445 bits per heavy atom. The van der Waals surface area contributed by atoms with Crippen molar-refractivity contribution in [3.8, 4) is 68.2 Å². The van der Waals surface area contributed by atoms with Crippen LogP contribution >= 0.6 is 0 Å². The lowest BCUT2D eigenvalue weighted by atomic mass is 9.82. The quantitative estimate of drug-likeness (QED) is 0.0116. The summed E-state index contributed by atoms with van der Waals surface area (Å²) in [7, 11) is 0. The molecule has 2 aliphatic rings. The molecule has 0 aliphatic heterocycles. The Kier molecular flexibility index (Phi) is 67.0. The van der Waals surface area contributed by atoms with E-state index >= 15 is 0 Å². The van der Waals surface area contributed by atoms with Gasteiger partial charge in [0.05, 0.1) is 50.0 Å². The first-order valence-corrected chi connectivity index (χ1v) is 45.4. The highest BCUT2D eigenvalue weighted by Crippen LogP contribution is 2.52. The van der Waals surface area contributed by atoms with Crippen molar-refractivity contribution in [1.82, 2.24) is 0 Å². The number of esters is 12. The third-order valence-corrected chi connectivity index (χ3v) is 19.6. The molecule has 0 radical (unpaired) electrons. The van der Waals surface area contributed by atoms with Crippen LogP contribution in [-0.4, -0.2) is 112 Å². The highest BCUT2D eigenvalue weighted by molar-refractivity contribution is 5.94. The van der Waals surface area contributed by atoms with Gasteiger partial charge in [-0.1, -0.05) is 269 Å². The molecule has 0 spiro atoms. The number of carbonyl (C=O) groups excluding carboxylic acids is 12. The summed E-state index contributed by atoms with van der Waals surface area (Å²) in [5.74, 6) is -3.04. The van der Waals surface area contributed by atoms with E-state index in [-0.39, 0.29) is 147 Å². The molecular weight excluding hydrogens is 1860 g/mol. The van der Waals surface area contributed by atoms with E-state index in [0.717, 1.165) is 66.8 Å². The molecule has 0 saturated carbocycles. The number of hydrogen-bond donors (Lipinski definition) is 0. The van der Waals surface area contributed by atoms with Crippen LogP contribution in [0.1, 0.15) is 276 Å². The van der Waals surface area contributed by atoms with Gasteiger partial charge >= 0.3 is 71.6 Å². The molecule has 9 aromatic rings. The fraction of sp³-hybridized carbons (Fsp3) is 0.350. The van der Waals surface area contributed by atoms with Crippen LogP contribution in [0.4, 0.5) is 0 Å². The van der Waals surface area contributed by atoms with E-state index in [0.29, 0.717) is 81.1 Å². The van der Waals surface area contributed by atoms with E-state index in [2.05, 4.69) is 39.5 Å². The molecule has 0 N–H and O–H groups in total. The Bertz CT molecular complexity index is 5420. The topological polar surface area (TPSA) is 334 Å².